The summed E-state index contributed by atoms with van der Waals surface area (Å²) in [5.41, 5.74) is 2.80. The van der Waals surface area contributed by atoms with Crippen molar-refractivity contribution in [3.8, 4) is 0 Å². The second kappa shape index (κ2) is 9.89. The van der Waals surface area contributed by atoms with E-state index in [0.717, 1.165) is 11.1 Å². The molecule has 0 aliphatic rings. The topological polar surface area (TPSA) is 101 Å². The number of anilines is 1. The Morgan fingerprint density at radius 1 is 1.14 bits per heavy atom. The van der Waals surface area contributed by atoms with Crippen LogP contribution < -0.4 is 10.6 Å². The van der Waals surface area contributed by atoms with Crippen LogP contribution in [0, 0.1) is 24.0 Å². The van der Waals surface area contributed by atoms with Gasteiger partial charge in [0.15, 0.2) is 0 Å². The Bertz CT molecular complexity index is 886. The maximum absolute atomic E-state index is 12.7. The van der Waals surface area contributed by atoms with Gasteiger partial charge in [-0.2, -0.15) is 11.8 Å². The maximum Gasteiger partial charge on any atom is 0.270 e. The summed E-state index contributed by atoms with van der Waals surface area (Å²) < 4.78 is 0. The lowest BCUT2D eigenvalue weighted by molar-refractivity contribution is -0.384. The zero-order valence-electron chi connectivity index (χ0n) is 16.0. The number of amides is 2. The Labute approximate surface area is 168 Å². The van der Waals surface area contributed by atoms with Crippen LogP contribution in [0.4, 0.5) is 11.4 Å². The van der Waals surface area contributed by atoms with Crippen molar-refractivity contribution in [3.05, 3.63) is 69.3 Å². The number of hydrogen-bond acceptors (Lipinski definition) is 5. The van der Waals surface area contributed by atoms with Crippen molar-refractivity contribution in [2.24, 2.45) is 0 Å². The normalized spacial score (nSPS) is 11.5. The van der Waals surface area contributed by atoms with Crippen LogP contribution in [0.15, 0.2) is 42.5 Å². The molecule has 0 saturated carbocycles. The molecule has 2 rings (SSSR count). The maximum atomic E-state index is 12.7. The van der Waals surface area contributed by atoms with Gasteiger partial charge in [-0.25, -0.2) is 0 Å². The van der Waals surface area contributed by atoms with Crippen LogP contribution >= 0.6 is 11.8 Å². The molecule has 2 amide bonds. The molecule has 28 heavy (non-hydrogen) atoms. The SMILES string of the molecule is CSCC[C@H](NC(=O)c1cccc([N+](=O)[O-])c1)C(=O)Nc1ccc(C)c(C)c1. The number of carbonyl (C=O) groups excluding carboxylic acids is 2. The number of benzene rings is 2. The summed E-state index contributed by atoms with van der Waals surface area (Å²) in [4.78, 5) is 35.6. The highest BCUT2D eigenvalue weighted by molar-refractivity contribution is 7.98. The van der Waals surface area contributed by atoms with Crippen molar-refractivity contribution in [1.82, 2.24) is 5.32 Å². The number of rotatable bonds is 8. The van der Waals surface area contributed by atoms with Crippen LogP contribution in [-0.2, 0) is 4.79 Å². The Morgan fingerprint density at radius 2 is 1.89 bits per heavy atom. The number of nitrogens with one attached hydrogen (secondary N) is 2. The minimum Gasteiger partial charge on any atom is -0.340 e. The molecule has 0 heterocycles. The Balaban J connectivity index is 2.14. The van der Waals surface area contributed by atoms with E-state index < -0.39 is 16.9 Å². The number of hydrogen-bond donors (Lipinski definition) is 2. The zero-order chi connectivity index (χ0) is 20.7. The van der Waals surface area contributed by atoms with Gasteiger partial charge in [-0.05, 0) is 61.6 Å². The van der Waals surface area contributed by atoms with Gasteiger partial charge in [0.1, 0.15) is 6.04 Å². The minimum absolute atomic E-state index is 0.141. The molecule has 2 aromatic rings. The third-order valence-corrected chi connectivity index (χ3v) is 4.97. The van der Waals surface area contributed by atoms with Crippen LogP contribution in [0.2, 0.25) is 0 Å². The van der Waals surface area contributed by atoms with Gasteiger partial charge < -0.3 is 10.6 Å². The van der Waals surface area contributed by atoms with Crippen molar-refractivity contribution < 1.29 is 14.5 Å². The molecule has 0 radical (unpaired) electrons. The molecule has 0 unspecified atom stereocenters. The average Bonchev–Trinajstić information content (AvgIpc) is 2.67. The molecule has 0 aromatic heterocycles. The monoisotopic (exact) mass is 401 g/mol. The quantitative estimate of drug-likeness (QED) is 0.519. The summed E-state index contributed by atoms with van der Waals surface area (Å²) in [6.45, 7) is 3.95. The fraction of sp³-hybridized carbons (Fsp3) is 0.300. The Kier molecular flexibility index (Phi) is 7.57. The van der Waals surface area contributed by atoms with Gasteiger partial charge in [0.2, 0.25) is 5.91 Å². The van der Waals surface area contributed by atoms with E-state index in [1.54, 1.807) is 11.8 Å². The lowest BCUT2D eigenvalue weighted by atomic mass is 10.1. The van der Waals surface area contributed by atoms with E-state index in [9.17, 15) is 19.7 Å². The number of nitrogens with zero attached hydrogens (tertiary/aromatic N) is 1. The van der Waals surface area contributed by atoms with Crippen molar-refractivity contribution in [2.45, 2.75) is 26.3 Å². The van der Waals surface area contributed by atoms with Crippen molar-refractivity contribution >= 4 is 35.0 Å². The standard InChI is InChI=1S/C20H23N3O4S/c1-13-7-8-16(11-14(13)2)21-20(25)18(9-10-28-3)22-19(24)15-5-4-6-17(12-15)23(26)27/h4-8,11-12,18H,9-10H2,1-3H3,(H,21,25)(H,22,24)/t18-/m0/s1. The highest BCUT2D eigenvalue weighted by atomic mass is 32.2. The molecule has 2 N–H and O–H groups in total. The van der Waals surface area contributed by atoms with Gasteiger partial charge in [0, 0.05) is 23.4 Å². The molecule has 0 saturated heterocycles. The molecule has 0 bridgehead atoms. The third kappa shape index (κ3) is 5.82. The first-order valence-corrected chi connectivity index (χ1v) is 10.1. The molecule has 8 heteroatoms. The molecule has 0 fully saturated rings. The molecular formula is C20H23N3O4S. The highest BCUT2D eigenvalue weighted by Crippen LogP contribution is 2.16. The van der Waals surface area contributed by atoms with Crippen molar-refractivity contribution in [3.63, 3.8) is 0 Å². The summed E-state index contributed by atoms with van der Waals surface area (Å²) >= 11 is 1.57. The number of carbonyl (C=O) groups is 2. The second-order valence-electron chi connectivity index (χ2n) is 6.40. The van der Waals surface area contributed by atoms with Gasteiger partial charge >= 0.3 is 0 Å². The molecule has 2 aromatic carbocycles. The number of nitro benzene ring substituents is 1. The van der Waals surface area contributed by atoms with E-state index in [1.165, 1.54) is 24.3 Å². The van der Waals surface area contributed by atoms with Crippen LogP contribution in [0.3, 0.4) is 0 Å². The summed E-state index contributed by atoms with van der Waals surface area (Å²) in [5.74, 6) is -0.165. The van der Waals surface area contributed by atoms with Crippen LogP contribution in [0.5, 0.6) is 0 Å². The summed E-state index contributed by atoms with van der Waals surface area (Å²) in [6.07, 6.45) is 2.36. The summed E-state index contributed by atoms with van der Waals surface area (Å²) in [5, 5.41) is 16.4. The predicted molar refractivity (Wildman–Crippen MR) is 112 cm³/mol. The van der Waals surface area contributed by atoms with Gasteiger partial charge in [0.25, 0.3) is 11.6 Å². The number of non-ortho nitro benzene ring substituents is 1. The summed E-state index contributed by atoms with van der Waals surface area (Å²) in [7, 11) is 0. The summed E-state index contributed by atoms with van der Waals surface area (Å²) in [6, 6.07) is 10.3. The predicted octanol–water partition coefficient (Wildman–Crippen LogP) is 3.70. The van der Waals surface area contributed by atoms with Gasteiger partial charge in [-0.1, -0.05) is 12.1 Å². The first-order valence-electron chi connectivity index (χ1n) is 8.74. The van der Waals surface area contributed by atoms with E-state index in [2.05, 4.69) is 10.6 Å². The third-order valence-electron chi connectivity index (χ3n) is 4.33. The number of aryl methyl sites for hydroxylation is 2. The van der Waals surface area contributed by atoms with Crippen molar-refractivity contribution in [1.29, 1.82) is 0 Å². The molecule has 7 nitrogen and oxygen atoms in total. The molecular weight excluding hydrogens is 378 g/mol. The fourth-order valence-corrected chi connectivity index (χ4v) is 3.03. The zero-order valence-corrected chi connectivity index (χ0v) is 16.8. The van der Waals surface area contributed by atoms with E-state index in [1.807, 2.05) is 38.3 Å². The highest BCUT2D eigenvalue weighted by Gasteiger charge is 2.22. The molecule has 0 aliphatic carbocycles. The second-order valence-corrected chi connectivity index (χ2v) is 7.39. The van der Waals surface area contributed by atoms with Gasteiger partial charge in [-0.15, -0.1) is 0 Å². The van der Waals surface area contributed by atoms with Crippen molar-refractivity contribution in [2.75, 3.05) is 17.3 Å². The van der Waals surface area contributed by atoms with Gasteiger partial charge in [-0.3, -0.25) is 19.7 Å². The van der Waals surface area contributed by atoms with E-state index >= 15 is 0 Å². The first kappa shape index (κ1) is 21.4. The lowest BCUT2D eigenvalue weighted by Gasteiger charge is -2.18. The first-order chi connectivity index (χ1) is 13.3. The molecule has 0 spiro atoms. The Hall–Kier alpha value is -2.87. The molecule has 148 valence electrons. The smallest absolute Gasteiger partial charge is 0.270 e. The fourth-order valence-electron chi connectivity index (χ4n) is 2.56. The number of nitro groups is 1. The Morgan fingerprint density at radius 3 is 2.54 bits per heavy atom. The molecule has 0 aliphatic heterocycles. The van der Waals surface area contributed by atoms with Crippen LogP contribution in [0.1, 0.15) is 27.9 Å². The largest absolute Gasteiger partial charge is 0.340 e. The molecule has 1 atom stereocenters. The number of thioether (sulfide) groups is 1. The van der Waals surface area contributed by atoms with E-state index in [-0.39, 0.29) is 17.2 Å². The van der Waals surface area contributed by atoms with E-state index in [4.69, 9.17) is 0 Å². The lowest BCUT2D eigenvalue weighted by Crippen LogP contribution is -2.44. The van der Waals surface area contributed by atoms with E-state index in [0.29, 0.717) is 17.9 Å². The van der Waals surface area contributed by atoms with Gasteiger partial charge in [0.05, 0.1) is 4.92 Å². The minimum atomic E-state index is -0.749. The average molecular weight is 401 g/mol. The van der Waals surface area contributed by atoms with Crippen LogP contribution in [-0.4, -0.2) is 34.8 Å². The van der Waals surface area contributed by atoms with Crippen LogP contribution in [0.25, 0.3) is 0 Å².